The highest BCUT2D eigenvalue weighted by Gasteiger charge is 2.18. The number of benzene rings is 1. The average molecular weight is 325 g/mol. The largest absolute Gasteiger partial charge is 0.379 e. The molecule has 0 spiro atoms. The number of hydrogen-bond donors (Lipinski definition) is 1. The van der Waals surface area contributed by atoms with Gasteiger partial charge < -0.3 is 10.1 Å². The number of thioether (sulfide) groups is 1. The van der Waals surface area contributed by atoms with Gasteiger partial charge in [0, 0.05) is 44.1 Å². The van der Waals surface area contributed by atoms with Crippen molar-refractivity contribution in [2.24, 2.45) is 0 Å². The molecule has 120 valence electrons. The molecule has 1 N–H and O–H groups in total. The SMILES string of the molecule is CNC(=O)c1ccc(SCCN2CCOCC2)c([N+](=O)[O-])c1. The second kappa shape index (κ2) is 8.11. The number of carbonyl (C=O) groups excluding carboxylic acids is 1. The molecule has 1 heterocycles. The minimum absolute atomic E-state index is 0.0203. The smallest absolute Gasteiger partial charge is 0.283 e. The molecule has 0 unspecified atom stereocenters. The Morgan fingerprint density at radius 2 is 2.18 bits per heavy atom. The van der Waals surface area contributed by atoms with Gasteiger partial charge in [-0.25, -0.2) is 0 Å². The van der Waals surface area contributed by atoms with Crippen molar-refractivity contribution in [2.75, 3.05) is 45.6 Å². The van der Waals surface area contributed by atoms with Crippen molar-refractivity contribution in [2.45, 2.75) is 4.90 Å². The molecule has 7 nitrogen and oxygen atoms in total. The zero-order valence-electron chi connectivity index (χ0n) is 12.4. The normalized spacial score (nSPS) is 15.5. The van der Waals surface area contributed by atoms with Crippen molar-refractivity contribution in [3.8, 4) is 0 Å². The van der Waals surface area contributed by atoms with Crippen LogP contribution >= 0.6 is 11.8 Å². The molecule has 1 fully saturated rings. The first-order valence-corrected chi connectivity index (χ1v) is 8.04. The maximum Gasteiger partial charge on any atom is 0.283 e. The summed E-state index contributed by atoms with van der Waals surface area (Å²) in [7, 11) is 1.50. The Kier molecular flexibility index (Phi) is 6.17. The number of ether oxygens (including phenoxy) is 1. The minimum atomic E-state index is -0.441. The van der Waals surface area contributed by atoms with E-state index in [1.165, 1.54) is 24.9 Å². The Morgan fingerprint density at radius 1 is 1.45 bits per heavy atom. The van der Waals surface area contributed by atoms with Gasteiger partial charge in [0.25, 0.3) is 11.6 Å². The number of nitrogens with one attached hydrogen (secondary N) is 1. The molecule has 1 saturated heterocycles. The summed E-state index contributed by atoms with van der Waals surface area (Å²) in [6, 6.07) is 4.59. The summed E-state index contributed by atoms with van der Waals surface area (Å²) in [5.41, 5.74) is 0.278. The third kappa shape index (κ3) is 4.43. The van der Waals surface area contributed by atoms with Crippen LogP contribution < -0.4 is 5.32 Å². The van der Waals surface area contributed by atoms with Crippen molar-refractivity contribution in [1.29, 1.82) is 0 Å². The van der Waals surface area contributed by atoms with Crippen LogP contribution in [0.4, 0.5) is 5.69 Å². The van der Waals surface area contributed by atoms with Crippen molar-refractivity contribution >= 4 is 23.4 Å². The van der Waals surface area contributed by atoms with Crippen LogP contribution in [0.2, 0.25) is 0 Å². The first kappa shape index (κ1) is 16.7. The highest BCUT2D eigenvalue weighted by atomic mass is 32.2. The summed E-state index contributed by atoms with van der Waals surface area (Å²) in [6.45, 7) is 4.15. The van der Waals surface area contributed by atoms with Crippen LogP contribution in [-0.2, 0) is 4.74 Å². The number of hydrogen-bond acceptors (Lipinski definition) is 6. The lowest BCUT2D eigenvalue weighted by Crippen LogP contribution is -2.37. The second-order valence-electron chi connectivity index (χ2n) is 4.82. The summed E-state index contributed by atoms with van der Waals surface area (Å²) in [6.07, 6.45) is 0. The number of amides is 1. The summed E-state index contributed by atoms with van der Waals surface area (Å²) in [4.78, 5) is 25.2. The quantitative estimate of drug-likeness (QED) is 0.483. The molecular weight excluding hydrogens is 306 g/mol. The third-order valence-corrected chi connectivity index (χ3v) is 4.46. The Labute approximate surface area is 133 Å². The Hall–Kier alpha value is -1.64. The van der Waals surface area contributed by atoms with Crippen molar-refractivity contribution in [3.05, 3.63) is 33.9 Å². The van der Waals surface area contributed by atoms with Crippen LogP contribution in [-0.4, -0.2) is 61.4 Å². The summed E-state index contributed by atoms with van der Waals surface area (Å²) in [5.74, 6) is 0.438. The fourth-order valence-electron chi connectivity index (χ4n) is 2.18. The molecule has 22 heavy (non-hydrogen) atoms. The summed E-state index contributed by atoms with van der Waals surface area (Å²) >= 11 is 1.44. The van der Waals surface area contributed by atoms with Gasteiger partial charge in [-0.2, -0.15) is 0 Å². The van der Waals surface area contributed by atoms with Crippen LogP contribution in [0.25, 0.3) is 0 Å². The second-order valence-corrected chi connectivity index (χ2v) is 5.96. The number of morpholine rings is 1. The molecule has 0 saturated carbocycles. The molecule has 2 rings (SSSR count). The van der Waals surface area contributed by atoms with Gasteiger partial charge in [-0.3, -0.25) is 19.8 Å². The van der Waals surface area contributed by atoms with Crippen molar-refractivity contribution < 1.29 is 14.5 Å². The third-order valence-electron chi connectivity index (χ3n) is 3.41. The van der Waals surface area contributed by atoms with Gasteiger partial charge in [-0.15, -0.1) is 11.8 Å². The Balaban J connectivity index is 1.99. The molecule has 1 aromatic rings. The number of nitro benzene ring substituents is 1. The number of rotatable bonds is 6. The maximum atomic E-state index is 11.6. The predicted octanol–water partition coefficient (Wildman–Crippen LogP) is 1.38. The monoisotopic (exact) mass is 325 g/mol. The van der Waals surface area contributed by atoms with E-state index in [4.69, 9.17) is 4.74 Å². The number of carbonyl (C=O) groups is 1. The Morgan fingerprint density at radius 3 is 2.82 bits per heavy atom. The van der Waals surface area contributed by atoms with Crippen LogP contribution in [0.3, 0.4) is 0 Å². The van der Waals surface area contributed by atoms with Crippen molar-refractivity contribution in [1.82, 2.24) is 10.2 Å². The Bertz CT molecular complexity index is 547. The van der Waals surface area contributed by atoms with Gasteiger partial charge in [0.2, 0.25) is 0 Å². The van der Waals surface area contributed by atoms with Gasteiger partial charge in [0.15, 0.2) is 0 Å². The fraction of sp³-hybridized carbons (Fsp3) is 0.500. The van der Waals surface area contributed by atoms with E-state index >= 15 is 0 Å². The van der Waals surface area contributed by atoms with E-state index in [2.05, 4.69) is 10.2 Å². The first-order chi connectivity index (χ1) is 10.6. The van der Waals surface area contributed by atoms with Crippen LogP contribution in [0.1, 0.15) is 10.4 Å². The molecule has 0 atom stereocenters. The maximum absolute atomic E-state index is 11.6. The van der Waals surface area contributed by atoms with E-state index in [-0.39, 0.29) is 11.6 Å². The van der Waals surface area contributed by atoms with Gasteiger partial charge in [-0.1, -0.05) is 0 Å². The van der Waals surface area contributed by atoms with E-state index in [1.807, 2.05) is 0 Å². The molecule has 1 amide bonds. The van der Waals surface area contributed by atoms with E-state index < -0.39 is 4.92 Å². The highest BCUT2D eigenvalue weighted by molar-refractivity contribution is 7.99. The number of nitro groups is 1. The van der Waals surface area contributed by atoms with Gasteiger partial charge in [0.05, 0.1) is 23.0 Å². The molecule has 8 heteroatoms. The standard InChI is InChI=1S/C14H19N3O4S/c1-15-14(18)11-2-3-13(12(10-11)17(19)20)22-9-6-16-4-7-21-8-5-16/h2-3,10H,4-9H2,1H3,(H,15,18). The van der Waals surface area contributed by atoms with Crippen LogP contribution in [0.5, 0.6) is 0 Å². The molecule has 1 aliphatic heterocycles. The molecule has 1 aliphatic rings. The first-order valence-electron chi connectivity index (χ1n) is 7.05. The average Bonchev–Trinajstić information content (AvgIpc) is 2.55. The zero-order valence-corrected chi connectivity index (χ0v) is 13.2. The fourth-order valence-corrected chi connectivity index (χ4v) is 3.19. The lowest BCUT2D eigenvalue weighted by Gasteiger charge is -2.26. The molecule has 0 aliphatic carbocycles. The van der Waals surface area contributed by atoms with Gasteiger partial charge in [0.1, 0.15) is 0 Å². The summed E-state index contributed by atoms with van der Waals surface area (Å²) < 4.78 is 5.29. The summed E-state index contributed by atoms with van der Waals surface area (Å²) in [5, 5.41) is 13.6. The molecule has 0 aromatic heterocycles. The number of nitrogens with zero attached hydrogens (tertiary/aromatic N) is 2. The lowest BCUT2D eigenvalue weighted by molar-refractivity contribution is -0.387. The minimum Gasteiger partial charge on any atom is -0.379 e. The molecule has 0 radical (unpaired) electrons. The lowest BCUT2D eigenvalue weighted by atomic mass is 10.2. The highest BCUT2D eigenvalue weighted by Crippen LogP contribution is 2.30. The van der Waals surface area contributed by atoms with E-state index in [0.29, 0.717) is 10.5 Å². The molecular formula is C14H19N3O4S. The van der Waals surface area contributed by atoms with E-state index in [0.717, 1.165) is 38.6 Å². The predicted molar refractivity (Wildman–Crippen MR) is 84.5 cm³/mol. The van der Waals surface area contributed by atoms with Gasteiger partial charge >= 0.3 is 0 Å². The zero-order chi connectivity index (χ0) is 15.9. The van der Waals surface area contributed by atoms with Crippen LogP contribution in [0.15, 0.2) is 23.1 Å². The van der Waals surface area contributed by atoms with E-state index in [1.54, 1.807) is 12.1 Å². The van der Waals surface area contributed by atoms with E-state index in [9.17, 15) is 14.9 Å². The van der Waals surface area contributed by atoms with Gasteiger partial charge in [-0.05, 0) is 12.1 Å². The molecule has 1 aromatic carbocycles. The topological polar surface area (TPSA) is 84.7 Å². The molecule has 0 bridgehead atoms. The van der Waals surface area contributed by atoms with Crippen LogP contribution in [0, 0.1) is 10.1 Å². The van der Waals surface area contributed by atoms with Crippen molar-refractivity contribution in [3.63, 3.8) is 0 Å².